The van der Waals surface area contributed by atoms with E-state index < -0.39 is 11.5 Å². The number of amides is 1. The summed E-state index contributed by atoms with van der Waals surface area (Å²) < 4.78 is 0. The van der Waals surface area contributed by atoms with Gasteiger partial charge in [0, 0.05) is 11.1 Å². The molecule has 0 aliphatic rings. The first-order valence-electron chi connectivity index (χ1n) is 7.60. The molecule has 0 radical (unpaired) electrons. The van der Waals surface area contributed by atoms with E-state index in [9.17, 15) is 14.4 Å². The zero-order valence-electron chi connectivity index (χ0n) is 14.0. The number of carboxylic acid groups (broad SMARTS) is 1. The van der Waals surface area contributed by atoms with E-state index in [0.717, 1.165) is 39.9 Å². The number of nitrogens with zero attached hydrogens (tertiary/aromatic N) is 1. The maximum absolute atomic E-state index is 12.2. The van der Waals surface area contributed by atoms with Crippen LogP contribution in [0.15, 0.2) is 33.5 Å². The van der Waals surface area contributed by atoms with Crippen LogP contribution in [-0.4, -0.2) is 32.7 Å². The van der Waals surface area contributed by atoms with Gasteiger partial charge in [-0.15, -0.1) is 11.3 Å². The van der Waals surface area contributed by atoms with Crippen molar-refractivity contribution in [1.29, 1.82) is 0 Å². The van der Waals surface area contributed by atoms with Crippen LogP contribution in [0.4, 0.5) is 5.69 Å². The largest absolute Gasteiger partial charge is 0.478 e. The number of aromatic nitrogens is 2. The van der Waals surface area contributed by atoms with Crippen molar-refractivity contribution in [3.8, 4) is 0 Å². The second-order valence-electron chi connectivity index (χ2n) is 5.59. The van der Waals surface area contributed by atoms with Crippen molar-refractivity contribution >= 4 is 50.9 Å². The molecule has 3 N–H and O–H groups in total. The number of carboxylic acids is 1. The highest BCUT2D eigenvalue weighted by Crippen LogP contribution is 2.24. The number of anilines is 1. The summed E-state index contributed by atoms with van der Waals surface area (Å²) in [4.78, 5) is 42.5. The average Bonchev–Trinajstić information content (AvgIpc) is 3.02. The molecular weight excluding hydrogens is 374 g/mol. The lowest BCUT2D eigenvalue weighted by atomic mass is 10.1. The van der Waals surface area contributed by atoms with E-state index in [0.29, 0.717) is 4.83 Å². The Morgan fingerprint density at radius 2 is 2.12 bits per heavy atom. The fraction of sp³-hybridized carbons (Fsp3) is 0.176. The summed E-state index contributed by atoms with van der Waals surface area (Å²) in [6.45, 7) is 3.90. The third-order valence-corrected chi connectivity index (χ3v) is 5.62. The molecule has 2 aromatic heterocycles. The molecule has 1 aromatic carbocycles. The lowest BCUT2D eigenvalue weighted by Crippen LogP contribution is -2.16. The number of rotatable bonds is 5. The number of hydrogen-bond donors (Lipinski definition) is 3. The quantitative estimate of drug-likeness (QED) is 0.457. The van der Waals surface area contributed by atoms with Crippen LogP contribution in [0.25, 0.3) is 10.2 Å². The Morgan fingerprint density at radius 1 is 1.35 bits per heavy atom. The number of thiophene rings is 1. The van der Waals surface area contributed by atoms with Crippen LogP contribution in [0.2, 0.25) is 0 Å². The first-order chi connectivity index (χ1) is 12.4. The summed E-state index contributed by atoms with van der Waals surface area (Å²) in [5.41, 5.74) is 2.24. The number of H-pyrrole nitrogens is 1. The molecule has 3 aromatic rings. The van der Waals surface area contributed by atoms with Gasteiger partial charge < -0.3 is 15.4 Å². The fourth-order valence-electron chi connectivity index (χ4n) is 2.36. The van der Waals surface area contributed by atoms with Crippen LogP contribution >= 0.6 is 23.1 Å². The Hall–Kier alpha value is -2.65. The lowest BCUT2D eigenvalue weighted by Gasteiger charge is -2.10. The number of aryl methyl sites for hydroxylation is 1. The van der Waals surface area contributed by atoms with Gasteiger partial charge in [-0.25, -0.2) is 9.78 Å². The molecule has 1 amide bonds. The van der Waals surface area contributed by atoms with Gasteiger partial charge in [0.05, 0.1) is 16.7 Å². The van der Waals surface area contributed by atoms with Crippen molar-refractivity contribution in [3.63, 3.8) is 0 Å². The van der Waals surface area contributed by atoms with Crippen molar-refractivity contribution in [1.82, 2.24) is 9.97 Å². The molecule has 9 heteroatoms. The molecule has 0 saturated heterocycles. The van der Waals surface area contributed by atoms with Crippen molar-refractivity contribution in [3.05, 3.63) is 50.6 Å². The molecule has 0 bridgehead atoms. The molecule has 0 unspecified atom stereocenters. The maximum atomic E-state index is 12.2. The summed E-state index contributed by atoms with van der Waals surface area (Å²) in [5, 5.41) is 13.7. The molecule has 0 saturated carbocycles. The number of aromatic amines is 1. The maximum Gasteiger partial charge on any atom is 0.337 e. The molecule has 3 rings (SSSR count). The summed E-state index contributed by atoms with van der Waals surface area (Å²) in [6, 6.07) is 5.67. The van der Waals surface area contributed by atoms with Gasteiger partial charge in [0.15, 0.2) is 5.16 Å². The Labute approximate surface area is 156 Å². The minimum atomic E-state index is -1.17. The highest BCUT2D eigenvalue weighted by atomic mass is 32.2. The van der Waals surface area contributed by atoms with E-state index in [1.165, 1.54) is 5.38 Å². The van der Waals surface area contributed by atoms with Gasteiger partial charge in [0.25, 0.3) is 5.56 Å². The molecule has 134 valence electrons. The molecule has 0 atom stereocenters. The summed E-state index contributed by atoms with van der Waals surface area (Å²) in [7, 11) is 0. The minimum Gasteiger partial charge on any atom is -0.478 e. The van der Waals surface area contributed by atoms with Crippen molar-refractivity contribution in [2.45, 2.75) is 19.0 Å². The van der Waals surface area contributed by atoms with Crippen LogP contribution in [0.1, 0.15) is 21.5 Å². The van der Waals surface area contributed by atoms with Gasteiger partial charge in [0.1, 0.15) is 4.83 Å². The van der Waals surface area contributed by atoms with Crippen LogP contribution in [0.3, 0.4) is 0 Å². The highest BCUT2D eigenvalue weighted by Gasteiger charge is 2.17. The molecule has 2 heterocycles. The molecule has 0 fully saturated rings. The van der Waals surface area contributed by atoms with Gasteiger partial charge in [-0.3, -0.25) is 9.59 Å². The predicted molar refractivity (Wildman–Crippen MR) is 102 cm³/mol. The minimum absolute atomic E-state index is 0.0617. The second-order valence-corrected chi connectivity index (χ2v) is 7.41. The highest BCUT2D eigenvalue weighted by molar-refractivity contribution is 7.99. The molecule has 7 nitrogen and oxygen atoms in total. The van der Waals surface area contributed by atoms with E-state index in [1.807, 2.05) is 32.0 Å². The number of aromatic carboxylic acids is 1. The summed E-state index contributed by atoms with van der Waals surface area (Å²) in [6.07, 6.45) is 0. The molecule has 0 spiro atoms. The first-order valence-corrected chi connectivity index (χ1v) is 9.47. The Kier molecular flexibility index (Phi) is 5.10. The van der Waals surface area contributed by atoms with Gasteiger partial charge in [-0.1, -0.05) is 23.9 Å². The SMILES string of the molecule is Cc1cccc(NC(=O)CSc2nc3scc(C(=O)O)c3c(=O)[nH]2)c1C. The topological polar surface area (TPSA) is 112 Å². The lowest BCUT2D eigenvalue weighted by molar-refractivity contribution is -0.113. The summed E-state index contributed by atoms with van der Waals surface area (Å²) >= 11 is 2.17. The summed E-state index contributed by atoms with van der Waals surface area (Å²) in [5.74, 6) is -1.32. The van der Waals surface area contributed by atoms with Crippen LogP contribution < -0.4 is 10.9 Å². The third kappa shape index (κ3) is 3.63. The van der Waals surface area contributed by atoms with Crippen molar-refractivity contribution in [2.75, 3.05) is 11.1 Å². The van der Waals surface area contributed by atoms with E-state index in [-0.39, 0.29) is 27.8 Å². The number of carbonyl (C=O) groups excluding carboxylic acids is 1. The molecule has 0 aliphatic heterocycles. The first kappa shape index (κ1) is 18.2. The molecular formula is C17H15N3O4S2. The second kappa shape index (κ2) is 7.30. The molecule has 26 heavy (non-hydrogen) atoms. The number of carbonyl (C=O) groups is 2. The normalized spacial score (nSPS) is 10.8. The number of thioether (sulfide) groups is 1. The van der Waals surface area contributed by atoms with Crippen LogP contribution in [0.5, 0.6) is 0 Å². The average molecular weight is 389 g/mol. The number of fused-ring (bicyclic) bond motifs is 1. The van der Waals surface area contributed by atoms with Crippen molar-refractivity contribution < 1.29 is 14.7 Å². The Morgan fingerprint density at radius 3 is 2.85 bits per heavy atom. The fourth-order valence-corrected chi connectivity index (χ4v) is 3.99. The predicted octanol–water partition coefficient (Wildman–Crippen LogP) is 3.03. The Bertz CT molecular complexity index is 1070. The number of hydrogen-bond acceptors (Lipinski definition) is 6. The Balaban J connectivity index is 1.73. The van der Waals surface area contributed by atoms with E-state index in [4.69, 9.17) is 5.11 Å². The van der Waals surface area contributed by atoms with Crippen LogP contribution in [-0.2, 0) is 4.79 Å². The zero-order chi connectivity index (χ0) is 18.8. The van der Waals surface area contributed by atoms with Crippen molar-refractivity contribution in [2.24, 2.45) is 0 Å². The van der Waals surface area contributed by atoms with Crippen LogP contribution in [0, 0.1) is 13.8 Å². The van der Waals surface area contributed by atoms with E-state index in [2.05, 4.69) is 15.3 Å². The monoisotopic (exact) mass is 389 g/mol. The smallest absolute Gasteiger partial charge is 0.337 e. The zero-order valence-corrected chi connectivity index (χ0v) is 15.6. The molecule has 0 aliphatic carbocycles. The van der Waals surface area contributed by atoms with Gasteiger partial charge in [0.2, 0.25) is 5.91 Å². The van der Waals surface area contributed by atoms with Gasteiger partial charge in [-0.2, -0.15) is 0 Å². The standard InChI is InChI=1S/C17H15N3O4S2/c1-8-4-3-5-11(9(8)2)18-12(21)7-26-17-19-14(22)13-10(16(23)24)6-25-15(13)20-17/h3-6H,7H2,1-2H3,(H,18,21)(H,23,24)(H,19,20,22). The van der Waals surface area contributed by atoms with E-state index in [1.54, 1.807) is 0 Å². The third-order valence-electron chi connectivity index (χ3n) is 3.87. The number of benzene rings is 1. The van der Waals surface area contributed by atoms with Gasteiger partial charge in [-0.05, 0) is 31.0 Å². The van der Waals surface area contributed by atoms with Gasteiger partial charge >= 0.3 is 5.97 Å². The van der Waals surface area contributed by atoms with E-state index >= 15 is 0 Å². The number of nitrogens with one attached hydrogen (secondary N) is 2.